The molecule has 2 aliphatic rings. The second-order valence-electron chi connectivity index (χ2n) is 5.90. The molecule has 0 bridgehead atoms. The highest BCUT2D eigenvalue weighted by Gasteiger charge is 2.48. The predicted molar refractivity (Wildman–Crippen MR) is 62.2 cm³/mol. The van der Waals surface area contributed by atoms with Crippen LogP contribution in [0.4, 0.5) is 0 Å². The molecule has 1 unspecified atom stereocenters. The first kappa shape index (κ1) is 12.8. The van der Waals surface area contributed by atoms with Gasteiger partial charge < -0.3 is 4.74 Å². The van der Waals surface area contributed by atoms with Crippen molar-refractivity contribution >= 4 is 5.97 Å². The lowest BCUT2D eigenvalue weighted by molar-refractivity contribution is -0.454. The third-order valence-corrected chi connectivity index (χ3v) is 3.95. The summed E-state index contributed by atoms with van der Waals surface area (Å²) in [6.45, 7) is 6.00. The molecule has 0 aromatic rings. The predicted octanol–water partition coefficient (Wildman–Crippen LogP) is 2.61. The number of hydrogen-bond acceptors (Lipinski definition) is 4. The molecule has 1 heterocycles. The summed E-state index contributed by atoms with van der Waals surface area (Å²) in [4.78, 5) is 21.4. The Morgan fingerprint density at radius 2 is 1.88 bits per heavy atom. The van der Waals surface area contributed by atoms with Crippen molar-refractivity contribution in [1.82, 2.24) is 0 Å². The quantitative estimate of drug-likeness (QED) is 0.563. The number of ether oxygens (including phenoxy) is 1. The van der Waals surface area contributed by atoms with Crippen LogP contribution < -0.4 is 0 Å². The fourth-order valence-corrected chi connectivity index (χ4v) is 2.56. The van der Waals surface area contributed by atoms with Crippen molar-refractivity contribution in [2.45, 2.75) is 64.1 Å². The maximum Gasteiger partial charge on any atom is 0.344 e. The van der Waals surface area contributed by atoms with E-state index in [0.717, 1.165) is 12.8 Å². The van der Waals surface area contributed by atoms with Gasteiger partial charge in [0.25, 0.3) is 0 Å². The van der Waals surface area contributed by atoms with E-state index >= 15 is 0 Å². The summed E-state index contributed by atoms with van der Waals surface area (Å²) < 4.78 is 5.64. The molecule has 1 aliphatic heterocycles. The molecule has 0 aromatic carbocycles. The summed E-state index contributed by atoms with van der Waals surface area (Å²) in [5, 5.41) is 0. The van der Waals surface area contributed by atoms with Gasteiger partial charge in [-0.05, 0) is 39.5 Å². The zero-order valence-electron chi connectivity index (χ0n) is 11.0. The molecule has 1 saturated carbocycles. The lowest BCUT2D eigenvalue weighted by atomic mass is 9.78. The van der Waals surface area contributed by atoms with Crippen molar-refractivity contribution in [2.75, 3.05) is 6.61 Å². The number of hydrogen-bond donors (Lipinski definition) is 0. The second kappa shape index (κ2) is 4.58. The van der Waals surface area contributed by atoms with Crippen molar-refractivity contribution in [3.05, 3.63) is 0 Å². The van der Waals surface area contributed by atoms with Gasteiger partial charge in [0, 0.05) is 0 Å². The normalized spacial score (nSPS) is 30.8. The average molecular weight is 242 g/mol. The molecule has 0 radical (unpaired) electrons. The first-order valence-electron chi connectivity index (χ1n) is 6.48. The summed E-state index contributed by atoms with van der Waals surface area (Å²) >= 11 is 0. The monoisotopic (exact) mass is 242 g/mol. The van der Waals surface area contributed by atoms with Crippen LogP contribution in [0, 0.1) is 5.92 Å². The minimum Gasteiger partial charge on any atom is -0.457 e. The molecule has 2 rings (SSSR count). The number of carbonyl (C=O) groups excluding carboxylic acids is 1. The van der Waals surface area contributed by atoms with Crippen LogP contribution in [0.2, 0.25) is 0 Å². The highest BCUT2D eigenvalue weighted by atomic mass is 17.2. The molecule has 1 atom stereocenters. The first-order valence-corrected chi connectivity index (χ1v) is 6.48. The Morgan fingerprint density at radius 1 is 1.29 bits per heavy atom. The van der Waals surface area contributed by atoms with E-state index in [0.29, 0.717) is 5.92 Å². The van der Waals surface area contributed by atoms with E-state index in [2.05, 4.69) is 4.89 Å². The van der Waals surface area contributed by atoms with E-state index in [9.17, 15) is 4.79 Å². The Bertz CT molecular complexity index is 288. The van der Waals surface area contributed by atoms with Gasteiger partial charge in [0.2, 0.25) is 5.60 Å². The summed E-state index contributed by atoms with van der Waals surface area (Å²) in [6, 6.07) is 0. The van der Waals surface area contributed by atoms with E-state index in [4.69, 9.17) is 9.62 Å². The smallest absolute Gasteiger partial charge is 0.344 e. The molecule has 4 heteroatoms. The van der Waals surface area contributed by atoms with Gasteiger partial charge in [0.1, 0.15) is 12.2 Å². The molecule has 1 aliphatic carbocycles. The second-order valence-corrected chi connectivity index (χ2v) is 5.90. The van der Waals surface area contributed by atoms with Crippen LogP contribution in [0.25, 0.3) is 0 Å². The molecule has 2 fully saturated rings. The van der Waals surface area contributed by atoms with Gasteiger partial charge in [-0.2, -0.15) is 0 Å². The highest BCUT2D eigenvalue weighted by Crippen LogP contribution is 2.36. The van der Waals surface area contributed by atoms with Crippen LogP contribution in [0.3, 0.4) is 0 Å². The van der Waals surface area contributed by atoms with Gasteiger partial charge in [-0.1, -0.05) is 19.3 Å². The maximum atomic E-state index is 12.0. The molecule has 0 N–H and O–H groups in total. The number of esters is 1. The molecule has 0 spiro atoms. The van der Waals surface area contributed by atoms with Gasteiger partial charge in [-0.15, -0.1) is 0 Å². The first-order chi connectivity index (χ1) is 7.94. The molecule has 98 valence electrons. The molecule has 1 saturated heterocycles. The number of rotatable bonds is 3. The highest BCUT2D eigenvalue weighted by molar-refractivity contribution is 5.80. The Balaban J connectivity index is 1.93. The molecule has 0 amide bonds. The third kappa shape index (κ3) is 2.63. The van der Waals surface area contributed by atoms with Crippen molar-refractivity contribution in [2.24, 2.45) is 5.92 Å². The summed E-state index contributed by atoms with van der Waals surface area (Å²) in [6.07, 6.45) is 6.07. The molecular weight excluding hydrogens is 220 g/mol. The molecular formula is C13H22O4. The summed E-state index contributed by atoms with van der Waals surface area (Å²) in [7, 11) is 0. The van der Waals surface area contributed by atoms with Gasteiger partial charge in [0.15, 0.2) is 0 Å². The van der Waals surface area contributed by atoms with Crippen LogP contribution in [0.1, 0.15) is 52.9 Å². The lowest BCUT2D eigenvalue weighted by Gasteiger charge is -2.40. The van der Waals surface area contributed by atoms with Crippen LogP contribution >= 0.6 is 0 Å². The summed E-state index contributed by atoms with van der Waals surface area (Å²) in [5.74, 6) is 0.157. The van der Waals surface area contributed by atoms with Crippen molar-refractivity contribution < 1.29 is 19.3 Å². The number of carbonyl (C=O) groups is 1. The Hall–Kier alpha value is -0.610. The Kier molecular flexibility index (Phi) is 3.46. The standard InChI is InChI=1S/C13H22O4/c1-12(2,10-7-5-4-6-8-10)16-11(14)13(3)9-15-17-13/h10H,4-9H2,1-3H3. The van der Waals surface area contributed by atoms with Gasteiger partial charge in [-0.25, -0.2) is 14.6 Å². The molecule has 4 nitrogen and oxygen atoms in total. The van der Waals surface area contributed by atoms with Gasteiger partial charge in [0.05, 0.1) is 0 Å². The third-order valence-electron chi connectivity index (χ3n) is 3.95. The SMILES string of the molecule is CC1(C(=O)OC(C)(C)C2CCCCC2)COO1. The topological polar surface area (TPSA) is 44.8 Å². The zero-order valence-corrected chi connectivity index (χ0v) is 11.0. The largest absolute Gasteiger partial charge is 0.457 e. The van der Waals surface area contributed by atoms with Crippen molar-refractivity contribution in [1.29, 1.82) is 0 Å². The Labute approximate surface area is 103 Å². The van der Waals surface area contributed by atoms with E-state index in [1.54, 1.807) is 6.92 Å². The van der Waals surface area contributed by atoms with E-state index in [1.807, 2.05) is 13.8 Å². The zero-order chi connectivity index (χ0) is 12.5. The van der Waals surface area contributed by atoms with Gasteiger partial charge in [-0.3, -0.25) is 0 Å². The van der Waals surface area contributed by atoms with E-state index in [1.165, 1.54) is 19.3 Å². The lowest BCUT2D eigenvalue weighted by Crippen LogP contribution is -2.55. The van der Waals surface area contributed by atoms with Crippen LogP contribution in [-0.4, -0.2) is 23.8 Å². The maximum absolute atomic E-state index is 12.0. The van der Waals surface area contributed by atoms with Gasteiger partial charge >= 0.3 is 5.97 Å². The fourth-order valence-electron chi connectivity index (χ4n) is 2.56. The van der Waals surface area contributed by atoms with Crippen molar-refractivity contribution in [3.63, 3.8) is 0 Å². The van der Waals surface area contributed by atoms with E-state index < -0.39 is 11.2 Å². The Morgan fingerprint density at radius 3 is 2.35 bits per heavy atom. The van der Waals surface area contributed by atoms with Crippen LogP contribution in [0.5, 0.6) is 0 Å². The van der Waals surface area contributed by atoms with E-state index in [-0.39, 0.29) is 12.6 Å². The molecule has 17 heavy (non-hydrogen) atoms. The minimum absolute atomic E-state index is 0.284. The molecule has 0 aromatic heterocycles. The average Bonchev–Trinajstić information content (AvgIpc) is 2.26. The van der Waals surface area contributed by atoms with Crippen LogP contribution in [-0.2, 0) is 19.3 Å². The van der Waals surface area contributed by atoms with Crippen LogP contribution in [0.15, 0.2) is 0 Å². The van der Waals surface area contributed by atoms with Crippen molar-refractivity contribution in [3.8, 4) is 0 Å². The minimum atomic E-state index is -0.897. The summed E-state index contributed by atoms with van der Waals surface area (Å²) in [5.41, 5.74) is -1.30. The fraction of sp³-hybridized carbons (Fsp3) is 0.923.